The Bertz CT molecular complexity index is 415. The van der Waals surface area contributed by atoms with Gasteiger partial charge in [-0.3, -0.25) is 4.98 Å². The van der Waals surface area contributed by atoms with Crippen LogP contribution in [0.5, 0.6) is 0 Å². The van der Waals surface area contributed by atoms with Crippen LogP contribution in [0.15, 0.2) is 29.4 Å². The molecule has 1 amide bonds. The summed E-state index contributed by atoms with van der Waals surface area (Å²) in [7, 11) is -2.78. The van der Waals surface area contributed by atoms with Crippen LogP contribution in [0, 0.1) is 0 Å². The number of rotatable bonds is 2. The molecular weight excluding hydrogens is 208 g/mol. The van der Waals surface area contributed by atoms with Gasteiger partial charge in [-0.1, -0.05) is 0 Å². The van der Waals surface area contributed by atoms with Crippen molar-refractivity contribution in [2.75, 3.05) is 7.11 Å². The van der Waals surface area contributed by atoms with Crippen LogP contribution in [0.2, 0.25) is 0 Å². The van der Waals surface area contributed by atoms with E-state index in [0.717, 1.165) is 13.3 Å². The first kappa shape index (κ1) is 10.5. The van der Waals surface area contributed by atoms with E-state index in [4.69, 9.17) is 0 Å². The molecule has 1 N–H and O–H groups in total. The second-order valence-electron chi connectivity index (χ2n) is 2.29. The highest BCUT2D eigenvalue weighted by atomic mass is 32.2. The molecule has 6 nitrogen and oxygen atoms in total. The molecule has 0 aliphatic carbocycles. The van der Waals surface area contributed by atoms with Gasteiger partial charge in [0, 0.05) is 12.4 Å². The highest BCUT2D eigenvalue weighted by Crippen LogP contribution is 2.04. The SMILES string of the molecule is COC(=O)NS(=O)(=O)c1cccnc1. The smallest absolute Gasteiger partial charge is 0.420 e. The summed E-state index contributed by atoms with van der Waals surface area (Å²) in [5, 5.41) is 0. The van der Waals surface area contributed by atoms with E-state index in [1.807, 2.05) is 0 Å². The van der Waals surface area contributed by atoms with Gasteiger partial charge in [0.2, 0.25) is 0 Å². The number of carbonyl (C=O) groups is 1. The minimum Gasteiger partial charge on any atom is -0.452 e. The molecule has 0 bridgehead atoms. The van der Waals surface area contributed by atoms with Crippen molar-refractivity contribution < 1.29 is 17.9 Å². The fourth-order valence-electron chi connectivity index (χ4n) is 0.716. The largest absolute Gasteiger partial charge is 0.452 e. The van der Waals surface area contributed by atoms with Crippen molar-refractivity contribution in [3.05, 3.63) is 24.5 Å². The van der Waals surface area contributed by atoms with E-state index >= 15 is 0 Å². The summed E-state index contributed by atoms with van der Waals surface area (Å²) in [5.41, 5.74) is 0. The first-order valence-electron chi connectivity index (χ1n) is 3.57. The maximum atomic E-state index is 11.3. The summed E-state index contributed by atoms with van der Waals surface area (Å²) in [4.78, 5) is 14.2. The number of carbonyl (C=O) groups excluding carboxylic acids is 1. The zero-order chi connectivity index (χ0) is 10.6. The van der Waals surface area contributed by atoms with E-state index in [1.54, 1.807) is 4.72 Å². The van der Waals surface area contributed by atoms with Gasteiger partial charge in [-0.05, 0) is 12.1 Å². The number of sulfonamides is 1. The van der Waals surface area contributed by atoms with Crippen LogP contribution >= 0.6 is 0 Å². The molecule has 0 unspecified atom stereocenters. The second-order valence-corrected chi connectivity index (χ2v) is 3.97. The molecule has 0 aromatic carbocycles. The van der Waals surface area contributed by atoms with Gasteiger partial charge in [0.1, 0.15) is 4.90 Å². The molecule has 1 aromatic rings. The van der Waals surface area contributed by atoms with Crippen LogP contribution in [0.3, 0.4) is 0 Å². The van der Waals surface area contributed by atoms with Crippen molar-refractivity contribution in [2.24, 2.45) is 0 Å². The van der Waals surface area contributed by atoms with Gasteiger partial charge in [0.05, 0.1) is 7.11 Å². The number of pyridine rings is 1. The lowest BCUT2D eigenvalue weighted by Crippen LogP contribution is -2.30. The van der Waals surface area contributed by atoms with Gasteiger partial charge in [0.25, 0.3) is 10.0 Å². The number of methoxy groups -OCH3 is 1. The lowest BCUT2D eigenvalue weighted by atomic mass is 10.5. The molecule has 1 aromatic heterocycles. The van der Waals surface area contributed by atoms with E-state index < -0.39 is 16.1 Å². The van der Waals surface area contributed by atoms with Crippen molar-refractivity contribution >= 4 is 16.1 Å². The molecule has 14 heavy (non-hydrogen) atoms. The van der Waals surface area contributed by atoms with Crippen molar-refractivity contribution in [1.82, 2.24) is 9.71 Å². The van der Waals surface area contributed by atoms with Gasteiger partial charge in [-0.25, -0.2) is 17.9 Å². The van der Waals surface area contributed by atoms with Gasteiger partial charge >= 0.3 is 6.09 Å². The molecule has 0 spiro atoms. The highest BCUT2D eigenvalue weighted by molar-refractivity contribution is 7.90. The zero-order valence-corrected chi connectivity index (χ0v) is 8.11. The van der Waals surface area contributed by atoms with Crippen LogP contribution in [0.25, 0.3) is 0 Å². The minimum atomic E-state index is -3.86. The van der Waals surface area contributed by atoms with E-state index in [0.29, 0.717) is 0 Å². The van der Waals surface area contributed by atoms with Crippen LogP contribution in [-0.4, -0.2) is 26.6 Å². The van der Waals surface area contributed by atoms with Crippen molar-refractivity contribution in [1.29, 1.82) is 0 Å². The quantitative estimate of drug-likeness (QED) is 0.759. The van der Waals surface area contributed by atoms with Crippen molar-refractivity contribution in [2.45, 2.75) is 4.90 Å². The Balaban J connectivity index is 2.93. The molecule has 0 fully saturated rings. The fourth-order valence-corrected chi connectivity index (χ4v) is 1.59. The molecule has 0 aliphatic rings. The Morgan fingerprint density at radius 3 is 2.79 bits per heavy atom. The predicted molar refractivity (Wildman–Crippen MR) is 47.0 cm³/mol. The van der Waals surface area contributed by atoms with E-state index in [-0.39, 0.29) is 4.90 Å². The number of nitrogens with one attached hydrogen (secondary N) is 1. The average molecular weight is 216 g/mol. The van der Waals surface area contributed by atoms with E-state index in [9.17, 15) is 13.2 Å². The normalized spacial score (nSPS) is 10.6. The topological polar surface area (TPSA) is 85.4 Å². The van der Waals surface area contributed by atoms with Crippen LogP contribution < -0.4 is 4.72 Å². The molecule has 0 radical (unpaired) electrons. The first-order valence-corrected chi connectivity index (χ1v) is 5.05. The number of aromatic nitrogens is 1. The molecule has 76 valence electrons. The Hall–Kier alpha value is -1.63. The number of amides is 1. The molecule has 0 aliphatic heterocycles. The maximum Gasteiger partial charge on any atom is 0.420 e. The number of nitrogens with zero attached hydrogens (tertiary/aromatic N) is 1. The lowest BCUT2D eigenvalue weighted by Gasteiger charge is -2.03. The monoisotopic (exact) mass is 216 g/mol. The third-order valence-corrected chi connectivity index (χ3v) is 2.65. The summed E-state index contributed by atoms with van der Waals surface area (Å²) in [5.74, 6) is 0. The van der Waals surface area contributed by atoms with Crippen LogP contribution in [0.1, 0.15) is 0 Å². The molecule has 7 heteroatoms. The summed E-state index contributed by atoms with van der Waals surface area (Å²) < 4.78 is 28.6. The Morgan fingerprint density at radius 1 is 1.57 bits per heavy atom. The van der Waals surface area contributed by atoms with Crippen LogP contribution in [0.4, 0.5) is 4.79 Å². The summed E-state index contributed by atoms with van der Waals surface area (Å²) >= 11 is 0. The molecule has 1 heterocycles. The fraction of sp³-hybridized carbons (Fsp3) is 0.143. The number of hydrogen-bond acceptors (Lipinski definition) is 5. The van der Waals surface area contributed by atoms with E-state index in [2.05, 4.69) is 9.72 Å². The maximum absolute atomic E-state index is 11.3. The summed E-state index contributed by atoms with van der Waals surface area (Å²) in [6, 6.07) is 2.77. The minimum absolute atomic E-state index is 0.0922. The summed E-state index contributed by atoms with van der Waals surface area (Å²) in [6.07, 6.45) is 1.52. The van der Waals surface area contributed by atoms with Gasteiger partial charge in [0.15, 0.2) is 0 Å². The third-order valence-electron chi connectivity index (χ3n) is 1.35. The number of ether oxygens (including phenoxy) is 1. The lowest BCUT2D eigenvalue weighted by molar-refractivity contribution is 0.177. The number of hydrogen-bond donors (Lipinski definition) is 1. The Kier molecular flexibility index (Phi) is 3.03. The molecular formula is C7H8N2O4S. The first-order chi connectivity index (χ1) is 6.56. The molecule has 0 saturated carbocycles. The molecule has 0 atom stereocenters. The van der Waals surface area contributed by atoms with Gasteiger partial charge in [-0.15, -0.1) is 0 Å². The van der Waals surface area contributed by atoms with E-state index in [1.165, 1.54) is 18.3 Å². The van der Waals surface area contributed by atoms with Crippen LogP contribution in [-0.2, 0) is 14.8 Å². The van der Waals surface area contributed by atoms with Gasteiger partial charge < -0.3 is 4.74 Å². The molecule has 1 rings (SSSR count). The standard InChI is InChI=1S/C7H8N2O4S/c1-13-7(10)9-14(11,12)6-3-2-4-8-5-6/h2-5H,1H3,(H,9,10). The zero-order valence-electron chi connectivity index (χ0n) is 7.30. The van der Waals surface area contributed by atoms with Crippen molar-refractivity contribution in [3.63, 3.8) is 0 Å². The second kappa shape index (κ2) is 4.05. The third kappa shape index (κ3) is 2.43. The summed E-state index contributed by atoms with van der Waals surface area (Å²) in [6.45, 7) is 0. The highest BCUT2D eigenvalue weighted by Gasteiger charge is 2.17. The van der Waals surface area contributed by atoms with Gasteiger partial charge in [-0.2, -0.15) is 0 Å². The Labute approximate surface area is 81.0 Å². The Morgan fingerprint density at radius 2 is 2.29 bits per heavy atom. The predicted octanol–water partition coefficient (Wildman–Crippen LogP) is 0.126. The molecule has 0 saturated heterocycles. The van der Waals surface area contributed by atoms with Crippen molar-refractivity contribution in [3.8, 4) is 0 Å². The average Bonchev–Trinajstić information content (AvgIpc) is 2.18.